The van der Waals surface area contributed by atoms with Crippen molar-refractivity contribution in [3.63, 3.8) is 0 Å². The van der Waals surface area contributed by atoms with E-state index in [4.69, 9.17) is 19.2 Å². The van der Waals surface area contributed by atoms with Gasteiger partial charge in [0.05, 0.1) is 24.6 Å². The molecule has 30 heavy (non-hydrogen) atoms. The molecule has 158 valence electrons. The van der Waals surface area contributed by atoms with Gasteiger partial charge in [-0.15, -0.1) is 0 Å². The first-order valence-electron chi connectivity index (χ1n) is 10.8. The van der Waals surface area contributed by atoms with Crippen LogP contribution in [0.2, 0.25) is 0 Å². The number of allylic oxidation sites excluding steroid dienone is 4. The Balaban J connectivity index is 1.33. The van der Waals surface area contributed by atoms with Crippen molar-refractivity contribution in [2.45, 2.75) is 64.2 Å². The molecule has 4 rings (SSSR count). The maximum Gasteiger partial charge on any atom is 0.303 e. The number of carboxylic acid groups (broad SMARTS) is 1. The Labute approximate surface area is 177 Å². The quantitative estimate of drug-likeness (QED) is 0.626. The van der Waals surface area contributed by atoms with Crippen LogP contribution in [-0.2, 0) is 17.6 Å². The minimum atomic E-state index is -0.735. The van der Waals surface area contributed by atoms with Gasteiger partial charge in [-0.1, -0.05) is 36.8 Å². The molecular formula is C25H29NO4. The van der Waals surface area contributed by atoms with Gasteiger partial charge in [-0.25, -0.2) is 4.98 Å². The molecular weight excluding hydrogens is 378 g/mol. The van der Waals surface area contributed by atoms with Gasteiger partial charge in [-0.05, 0) is 61.8 Å². The van der Waals surface area contributed by atoms with Gasteiger partial charge in [-0.2, -0.15) is 0 Å². The van der Waals surface area contributed by atoms with E-state index in [1.54, 1.807) is 0 Å². The Morgan fingerprint density at radius 3 is 2.97 bits per heavy atom. The number of fused-ring (bicyclic) bond motifs is 1. The molecule has 1 heterocycles. The molecule has 1 aromatic carbocycles. The van der Waals surface area contributed by atoms with Crippen LogP contribution in [0.1, 0.15) is 72.9 Å². The lowest BCUT2D eigenvalue weighted by Gasteiger charge is -2.12. The zero-order valence-electron chi connectivity index (χ0n) is 17.7. The van der Waals surface area contributed by atoms with Gasteiger partial charge in [0.2, 0.25) is 5.89 Å². The van der Waals surface area contributed by atoms with Crippen molar-refractivity contribution in [1.82, 2.24) is 4.98 Å². The molecule has 0 spiro atoms. The summed E-state index contributed by atoms with van der Waals surface area (Å²) >= 11 is 0. The van der Waals surface area contributed by atoms with Crippen LogP contribution in [0.15, 0.2) is 46.4 Å². The van der Waals surface area contributed by atoms with Crippen molar-refractivity contribution >= 4 is 5.97 Å². The normalized spacial score (nSPS) is 20.1. The van der Waals surface area contributed by atoms with Crippen molar-refractivity contribution in [2.24, 2.45) is 0 Å². The topological polar surface area (TPSA) is 72.6 Å². The molecule has 1 unspecified atom stereocenters. The van der Waals surface area contributed by atoms with E-state index in [9.17, 15) is 4.79 Å². The van der Waals surface area contributed by atoms with E-state index in [2.05, 4.69) is 31.2 Å². The van der Waals surface area contributed by atoms with Crippen LogP contribution in [0.4, 0.5) is 0 Å². The number of oxazole rings is 1. The Morgan fingerprint density at radius 2 is 2.23 bits per heavy atom. The van der Waals surface area contributed by atoms with Gasteiger partial charge in [0, 0.05) is 6.42 Å². The molecule has 1 aromatic heterocycles. The number of nitrogens with zero attached hydrogens (tertiary/aromatic N) is 1. The van der Waals surface area contributed by atoms with Crippen LogP contribution in [-0.4, -0.2) is 22.7 Å². The number of carbonyl (C=O) groups is 1. The zero-order valence-corrected chi connectivity index (χ0v) is 17.7. The van der Waals surface area contributed by atoms with Gasteiger partial charge in [0.25, 0.3) is 0 Å². The van der Waals surface area contributed by atoms with E-state index in [1.165, 1.54) is 11.1 Å². The van der Waals surface area contributed by atoms with Crippen LogP contribution in [0.3, 0.4) is 0 Å². The summed E-state index contributed by atoms with van der Waals surface area (Å²) in [6.07, 6.45) is 11.3. The monoisotopic (exact) mass is 407 g/mol. The van der Waals surface area contributed by atoms with Crippen LogP contribution >= 0.6 is 0 Å². The number of aromatic nitrogens is 1. The lowest BCUT2D eigenvalue weighted by atomic mass is 9.95. The predicted molar refractivity (Wildman–Crippen MR) is 115 cm³/mol. The molecule has 0 fully saturated rings. The summed E-state index contributed by atoms with van der Waals surface area (Å²) in [5, 5.41) is 9.06. The Kier molecular flexibility index (Phi) is 6.07. The van der Waals surface area contributed by atoms with E-state index < -0.39 is 5.97 Å². The van der Waals surface area contributed by atoms with E-state index in [1.807, 2.05) is 19.1 Å². The molecule has 1 N–H and O–H groups in total. The Bertz CT molecular complexity index is 985. The largest absolute Gasteiger partial charge is 0.493 e. The minimum Gasteiger partial charge on any atom is -0.493 e. The molecule has 0 saturated heterocycles. The lowest BCUT2D eigenvalue weighted by molar-refractivity contribution is -0.137. The molecule has 2 atom stereocenters. The van der Waals surface area contributed by atoms with Gasteiger partial charge in [-0.3, -0.25) is 4.79 Å². The molecule has 5 nitrogen and oxygen atoms in total. The van der Waals surface area contributed by atoms with Crippen LogP contribution in [0.25, 0.3) is 0 Å². The maximum absolute atomic E-state index is 11.0. The van der Waals surface area contributed by atoms with Crippen LogP contribution < -0.4 is 4.74 Å². The highest BCUT2D eigenvalue weighted by Gasteiger charge is 2.25. The van der Waals surface area contributed by atoms with Crippen LogP contribution in [0.5, 0.6) is 5.75 Å². The highest BCUT2D eigenvalue weighted by molar-refractivity contribution is 5.68. The molecule has 0 saturated carbocycles. The summed E-state index contributed by atoms with van der Waals surface area (Å²) in [4.78, 5) is 15.7. The molecule has 0 amide bonds. The van der Waals surface area contributed by atoms with Crippen LogP contribution in [0, 0.1) is 6.92 Å². The number of rotatable bonds is 8. The third-order valence-corrected chi connectivity index (χ3v) is 6.16. The summed E-state index contributed by atoms with van der Waals surface area (Å²) in [7, 11) is 0. The first-order valence-corrected chi connectivity index (χ1v) is 10.8. The number of aryl methyl sites for hydroxylation is 2. The van der Waals surface area contributed by atoms with Gasteiger partial charge < -0.3 is 14.3 Å². The van der Waals surface area contributed by atoms with E-state index in [0.717, 1.165) is 54.3 Å². The fourth-order valence-corrected chi connectivity index (χ4v) is 4.41. The second-order valence-electron chi connectivity index (χ2n) is 8.18. The fraction of sp³-hybridized carbons (Fsp3) is 0.440. The fourth-order valence-electron chi connectivity index (χ4n) is 4.41. The van der Waals surface area contributed by atoms with Crippen molar-refractivity contribution in [2.75, 3.05) is 6.61 Å². The summed E-state index contributed by atoms with van der Waals surface area (Å²) in [5.41, 5.74) is 4.68. The van der Waals surface area contributed by atoms with Crippen molar-refractivity contribution < 1.29 is 19.1 Å². The van der Waals surface area contributed by atoms with Crippen molar-refractivity contribution in [1.29, 1.82) is 0 Å². The van der Waals surface area contributed by atoms with Crippen molar-refractivity contribution in [3.05, 3.63) is 70.5 Å². The molecule has 2 aliphatic rings. The molecule has 2 aliphatic carbocycles. The smallest absolute Gasteiger partial charge is 0.303 e. The molecule has 2 aromatic rings. The molecule has 0 bridgehead atoms. The standard InChI is InChI=1S/C25H29NO4/c1-3-17-4-6-18(7-5-17)25-26-23(16(2)30-25)12-13-29-21-10-11-22-19(14-21)8-9-20(22)15-24(27)28/h4-6,10-11,14,18,20H,3,7-9,12-13,15H2,1-2H3,(H,27,28)/t18?,20-/m0/s1. The number of carboxylic acids is 1. The van der Waals surface area contributed by atoms with E-state index in [0.29, 0.717) is 13.0 Å². The highest BCUT2D eigenvalue weighted by Crippen LogP contribution is 2.37. The SMILES string of the molecule is CCC1=CCC(c2nc(CCOc3ccc4c(c3)CC[C@H]4CC(=O)O)c(C)o2)C=C1. The number of hydrogen-bond acceptors (Lipinski definition) is 4. The predicted octanol–water partition coefficient (Wildman–Crippen LogP) is 5.49. The second kappa shape index (κ2) is 8.90. The lowest BCUT2D eigenvalue weighted by Crippen LogP contribution is -2.05. The summed E-state index contributed by atoms with van der Waals surface area (Å²) in [5.74, 6) is 2.08. The third-order valence-electron chi connectivity index (χ3n) is 6.16. The Hall–Kier alpha value is -2.82. The van der Waals surface area contributed by atoms with Gasteiger partial charge >= 0.3 is 5.97 Å². The van der Waals surface area contributed by atoms with Gasteiger partial charge in [0.15, 0.2) is 0 Å². The molecule has 5 heteroatoms. The first-order chi connectivity index (χ1) is 14.5. The van der Waals surface area contributed by atoms with E-state index in [-0.39, 0.29) is 18.3 Å². The second-order valence-corrected chi connectivity index (χ2v) is 8.18. The average molecular weight is 408 g/mol. The Morgan fingerprint density at radius 1 is 1.37 bits per heavy atom. The van der Waals surface area contributed by atoms with E-state index >= 15 is 0 Å². The molecule has 0 radical (unpaired) electrons. The van der Waals surface area contributed by atoms with Gasteiger partial charge in [0.1, 0.15) is 11.5 Å². The summed E-state index contributed by atoms with van der Waals surface area (Å²) in [6, 6.07) is 6.03. The summed E-state index contributed by atoms with van der Waals surface area (Å²) in [6.45, 7) is 4.66. The first kappa shape index (κ1) is 20.5. The summed E-state index contributed by atoms with van der Waals surface area (Å²) < 4.78 is 11.9. The number of benzene rings is 1. The molecule has 0 aliphatic heterocycles. The highest BCUT2D eigenvalue weighted by atomic mass is 16.5. The maximum atomic E-state index is 11.0. The minimum absolute atomic E-state index is 0.125. The number of ether oxygens (including phenoxy) is 1. The number of aliphatic carboxylic acids is 1. The third kappa shape index (κ3) is 4.50. The van der Waals surface area contributed by atoms with Crippen molar-refractivity contribution in [3.8, 4) is 5.75 Å². The zero-order chi connectivity index (χ0) is 21.1. The average Bonchev–Trinajstić information content (AvgIpc) is 3.31. The number of hydrogen-bond donors (Lipinski definition) is 1.